The Balaban J connectivity index is 2.24. The molecule has 0 spiro atoms. The summed E-state index contributed by atoms with van der Waals surface area (Å²) in [5, 5.41) is 8.37. The fraction of sp³-hybridized carbons (Fsp3) is 0.643. The van der Waals surface area contributed by atoms with Crippen molar-refractivity contribution in [2.75, 3.05) is 13.2 Å². The van der Waals surface area contributed by atoms with Crippen molar-refractivity contribution in [3.8, 4) is 5.88 Å². The Morgan fingerprint density at radius 3 is 2.75 bits per heavy atom. The molecule has 6 heteroatoms. The van der Waals surface area contributed by atoms with Crippen LogP contribution >= 0.6 is 12.2 Å². The van der Waals surface area contributed by atoms with Gasteiger partial charge in [-0.05, 0) is 31.2 Å². The highest BCUT2D eigenvalue weighted by Gasteiger charge is 2.21. The highest BCUT2D eigenvalue weighted by Crippen LogP contribution is 2.23. The topological polar surface area (TPSA) is 70.3 Å². The highest BCUT2D eigenvalue weighted by atomic mass is 32.1. The van der Waals surface area contributed by atoms with Gasteiger partial charge in [0, 0.05) is 6.61 Å². The molecule has 1 fully saturated rings. The van der Waals surface area contributed by atoms with E-state index in [4.69, 9.17) is 27.4 Å². The van der Waals surface area contributed by atoms with Crippen molar-refractivity contribution < 1.29 is 9.47 Å². The molecule has 5 nitrogen and oxygen atoms in total. The van der Waals surface area contributed by atoms with Crippen molar-refractivity contribution in [3.63, 3.8) is 0 Å². The predicted octanol–water partition coefficient (Wildman–Crippen LogP) is 1.79. The van der Waals surface area contributed by atoms with Crippen LogP contribution in [0.5, 0.6) is 5.88 Å². The minimum atomic E-state index is 0.131. The second kappa shape index (κ2) is 6.95. The number of nitrogens with two attached hydrogens (primary N) is 1. The van der Waals surface area contributed by atoms with E-state index in [0.29, 0.717) is 17.5 Å². The SMILES string of the molecule is CCc1nnc(OCC2CCCO2)c(C(N)=S)c1CC. The van der Waals surface area contributed by atoms with Crippen LogP contribution < -0.4 is 10.5 Å². The normalized spacial score (nSPS) is 18.2. The molecule has 0 aromatic carbocycles. The summed E-state index contributed by atoms with van der Waals surface area (Å²) in [6.07, 6.45) is 3.84. The van der Waals surface area contributed by atoms with Crippen LogP contribution in [-0.4, -0.2) is 34.5 Å². The Labute approximate surface area is 124 Å². The van der Waals surface area contributed by atoms with E-state index in [1.54, 1.807) is 0 Å². The van der Waals surface area contributed by atoms with Crippen LogP contribution in [0.25, 0.3) is 0 Å². The third kappa shape index (κ3) is 3.24. The second-order valence-electron chi connectivity index (χ2n) is 4.82. The zero-order chi connectivity index (χ0) is 14.5. The number of thiocarbonyl (C=S) groups is 1. The maximum atomic E-state index is 5.85. The summed E-state index contributed by atoms with van der Waals surface area (Å²) >= 11 is 5.16. The molecule has 2 heterocycles. The summed E-state index contributed by atoms with van der Waals surface area (Å²) in [7, 11) is 0. The molecule has 2 N–H and O–H groups in total. The lowest BCUT2D eigenvalue weighted by Crippen LogP contribution is -2.22. The standard InChI is InChI=1S/C14H21N3O2S/c1-3-10-11(4-2)16-17-14(12(10)13(15)20)19-8-9-6-5-7-18-9/h9H,3-8H2,1-2H3,(H2,15,20). The van der Waals surface area contributed by atoms with Crippen LogP contribution in [0.1, 0.15) is 43.5 Å². The first-order chi connectivity index (χ1) is 9.67. The lowest BCUT2D eigenvalue weighted by Gasteiger charge is -2.16. The van der Waals surface area contributed by atoms with Crippen LogP contribution in [-0.2, 0) is 17.6 Å². The average Bonchev–Trinajstić information content (AvgIpc) is 2.96. The first kappa shape index (κ1) is 15.1. The van der Waals surface area contributed by atoms with Crippen LogP contribution in [0.15, 0.2) is 0 Å². The van der Waals surface area contributed by atoms with Crippen LogP contribution in [0.2, 0.25) is 0 Å². The first-order valence-corrected chi connectivity index (χ1v) is 7.50. The van der Waals surface area contributed by atoms with E-state index in [2.05, 4.69) is 17.1 Å². The highest BCUT2D eigenvalue weighted by molar-refractivity contribution is 7.80. The van der Waals surface area contributed by atoms with Gasteiger partial charge >= 0.3 is 0 Å². The molecule has 1 aromatic rings. The number of rotatable bonds is 6. The third-order valence-electron chi connectivity index (χ3n) is 3.49. The van der Waals surface area contributed by atoms with E-state index >= 15 is 0 Å². The number of aromatic nitrogens is 2. The monoisotopic (exact) mass is 295 g/mol. The minimum absolute atomic E-state index is 0.131. The van der Waals surface area contributed by atoms with Gasteiger partial charge in [0.15, 0.2) is 0 Å². The lowest BCUT2D eigenvalue weighted by atomic mass is 10.0. The van der Waals surface area contributed by atoms with Gasteiger partial charge in [0.05, 0.1) is 17.4 Å². The summed E-state index contributed by atoms with van der Waals surface area (Å²) in [4.78, 5) is 0.314. The van der Waals surface area contributed by atoms with Gasteiger partial charge in [0.2, 0.25) is 5.88 Å². The number of aryl methyl sites for hydroxylation is 1. The molecule has 0 aliphatic carbocycles. The smallest absolute Gasteiger partial charge is 0.244 e. The molecular formula is C14H21N3O2S. The Kier molecular flexibility index (Phi) is 5.25. The molecule has 0 bridgehead atoms. The molecule has 0 saturated carbocycles. The molecule has 0 radical (unpaired) electrons. The molecule has 1 atom stereocenters. The summed E-state index contributed by atoms with van der Waals surface area (Å²) in [6, 6.07) is 0. The average molecular weight is 295 g/mol. The maximum Gasteiger partial charge on any atom is 0.244 e. The summed E-state index contributed by atoms with van der Waals surface area (Å²) in [6.45, 7) is 5.37. The van der Waals surface area contributed by atoms with Crippen molar-refractivity contribution in [1.29, 1.82) is 0 Å². The Morgan fingerprint density at radius 1 is 1.40 bits per heavy atom. The van der Waals surface area contributed by atoms with Crippen molar-refractivity contribution in [2.24, 2.45) is 5.73 Å². The molecule has 110 valence electrons. The van der Waals surface area contributed by atoms with Gasteiger partial charge in [-0.1, -0.05) is 26.1 Å². The summed E-state index contributed by atoms with van der Waals surface area (Å²) in [5.74, 6) is 0.432. The Bertz CT molecular complexity index is 488. The minimum Gasteiger partial charge on any atom is -0.473 e. The molecule has 1 aliphatic heterocycles. The molecule has 0 amide bonds. The van der Waals surface area contributed by atoms with Gasteiger partial charge in [-0.25, -0.2) is 0 Å². The van der Waals surface area contributed by atoms with Gasteiger partial charge in [0.25, 0.3) is 0 Å². The fourth-order valence-corrected chi connectivity index (χ4v) is 2.67. The van der Waals surface area contributed by atoms with Gasteiger partial charge in [-0.2, -0.15) is 5.10 Å². The first-order valence-electron chi connectivity index (χ1n) is 7.10. The number of ether oxygens (including phenoxy) is 2. The summed E-state index contributed by atoms with van der Waals surface area (Å²) in [5.41, 5.74) is 8.55. The molecule has 1 aromatic heterocycles. The fourth-order valence-electron chi connectivity index (χ4n) is 2.46. The van der Waals surface area contributed by atoms with Gasteiger partial charge in [-0.15, -0.1) is 5.10 Å². The van der Waals surface area contributed by atoms with E-state index < -0.39 is 0 Å². The van der Waals surface area contributed by atoms with Crippen molar-refractivity contribution in [2.45, 2.75) is 45.6 Å². The van der Waals surface area contributed by atoms with Crippen LogP contribution in [0, 0.1) is 0 Å². The van der Waals surface area contributed by atoms with Gasteiger partial charge in [-0.3, -0.25) is 0 Å². The van der Waals surface area contributed by atoms with Crippen LogP contribution in [0.4, 0.5) is 0 Å². The molecule has 1 saturated heterocycles. The number of hydrogen-bond acceptors (Lipinski definition) is 5. The van der Waals surface area contributed by atoms with E-state index in [1.165, 1.54) is 0 Å². The zero-order valence-corrected chi connectivity index (χ0v) is 12.8. The predicted molar refractivity (Wildman–Crippen MR) is 81.1 cm³/mol. The largest absolute Gasteiger partial charge is 0.473 e. The quantitative estimate of drug-likeness (QED) is 0.807. The van der Waals surface area contributed by atoms with E-state index in [-0.39, 0.29) is 6.10 Å². The number of nitrogens with zero attached hydrogens (tertiary/aromatic N) is 2. The van der Waals surface area contributed by atoms with Gasteiger partial charge in [0.1, 0.15) is 11.6 Å². The number of hydrogen-bond donors (Lipinski definition) is 1. The second-order valence-corrected chi connectivity index (χ2v) is 5.26. The van der Waals surface area contributed by atoms with Crippen molar-refractivity contribution >= 4 is 17.2 Å². The Hall–Kier alpha value is -1.27. The van der Waals surface area contributed by atoms with Gasteiger partial charge < -0.3 is 15.2 Å². The third-order valence-corrected chi connectivity index (χ3v) is 3.69. The zero-order valence-electron chi connectivity index (χ0n) is 12.0. The van der Waals surface area contributed by atoms with E-state index in [0.717, 1.165) is 49.1 Å². The molecular weight excluding hydrogens is 274 g/mol. The molecule has 1 unspecified atom stereocenters. The van der Waals surface area contributed by atoms with E-state index in [1.807, 2.05) is 6.92 Å². The summed E-state index contributed by atoms with van der Waals surface area (Å²) < 4.78 is 11.3. The van der Waals surface area contributed by atoms with Crippen molar-refractivity contribution in [3.05, 3.63) is 16.8 Å². The molecule has 1 aliphatic rings. The van der Waals surface area contributed by atoms with Crippen LogP contribution in [0.3, 0.4) is 0 Å². The molecule has 2 rings (SSSR count). The van der Waals surface area contributed by atoms with Crippen molar-refractivity contribution in [1.82, 2.24) is 10.2 Å². The lowest BCUT2D eigenvalue weighted by molar-refractivity contribution is 0.0658. The van der Waals surface area contributed by atoms with E-state index in [9.17, 15) is 0 Å². The molecule has 20 heavy (non-hydrogen) atoms. The Morgan fingerprint density at radius 2 is 2.20 bits per heavy atom. The maximum absolute atomic E-state index is 5.85.